The van der Waals surface area contributed by atoms with E-state index in [1.807, 2.05) is 0 Å². The molecule has 0 aliphatic rings. The molecule has 0 aliphatic carbocycles. The van der Waals surface area contributed by atoms with E-state index in [1.54, 1.807) is 0 Å². The van der Waals surface area contributed by atoms with Gasteiger partial charge >= 0.3 is 0 Å². The maximum Gasteiger partial charge on any atom is 0.0541 e. The highest BCUT2D eigenvalue weighted by Gasteiger charge is 2.13. The third kappa shape index (κ3) is 2.15. The predicted octanol–water partition coefficient (Wildman–Crippen LogP) is 6.93. The van der Waals surface area contributed by atoms with Crippen molar-refractivity contribution in [3.63, 3.8) is 0 Å². The van der Waals surface area contributed by atoms with Gasteiger partial charge in [-0.15, -0.1) is 0 Å². The number of aromatic amines is 1. The Kier molecular flexibility index (Phi) is 3.20. The van der Waals surface area contributed by atoms with E-state index in [0.717, 1.165) is 0 Å². The van der Waals surface area contributed by atoms with Gasteiger partial charge in [-0.1, -0.05) is 60.7 Å². The molecule has 2 heterocycles. The van der Waals surface area contributed by atoms with Gasteiger partial charge in [0.2, 0.25) is 0 Å². The Morgan fingerprint density at radius 3 is 2.18 bits per heavy atom. The normalized spacial score (nSPS) is 11.6. The van der Waals surface area contributed by atoms with E-state index in [-0.39, 0.29) is 0 Å². The van der Waals surface area contributed by atoms with Crippen molar-refractivity contribution in [2.24, 2.45) is 0 Å². The van der Waals surface area contributed by atoms with Crippen LogP contribution >= 0.6 is 0 Å². The lowest BCUT2D eigenvalue weighted by atomic mass is 10.0. The van der Waals surface area contributed by atoms with Gasteiger partial charge in [-0.3, -0.25) is 0 Å². The zero-order valence-corrected chi connectivity index (χ0v) is 15.3. The summed E-state index contributed by atoms with van der Waals surface area (Å²) in [6.45, 7) is 0. The molecule has 0 atom stereocenters. The van der Waals surface area contributed by atoms with Crippen molar-refractivity contribution in [1.82, 2.24) is 9.55 Å². The molecule has 28 heavy (non-hydrogen) atoms. The molecule has 0 radical (unpaired) electrons. The summed E-state index contributed by atoms with van der Waals surface area (Å²) in [6, 6.07) is 34.5. The van der Waals surface area contributed by atoms with Gasteiger partial charge in [0.15, 0.2) is 0 Å². The first-order chi connectivity index (χ1) is 13.9. The van der Waals surface area contributed by atoms with Gasteiger partial charge in [0.1, 0.15) is 0 Å². The van der Waals surface area contributed by atoms with Gasteiger partial charge in [0.25, 0.3) is 0 Å². The second-order valence-electron chi connectivity index (χ2n) is 7.17. The molecule has 6 aromatic rings. The van der Waals surface area contributed by atoms with E-state index in [2.05, 4.69) is 113 Å². The van der Waals surface area contributed by atoms with Crippen LogP contribution in [0.5, 0.6) is 0 Å². The van der Waals surface area contributed by atoms with Crippen molar-refractivity contribution in [2.75, 3.05) is 0 Å². The van der Waals surface area contributed by atoms with Crippen molar-refractivity contribution in [2.45, 2.75) is 0 Å². The van der Waals surface area contributed by atoms with Crippen LogP contribution in [-0.2, 0) is 0 Å². The number of nitrogens with zero attached hydrogens (tertiary/aromatic N) is 1. The van der Waals surface area contributed by atoms with E-state index in [1.165, 1.54) is 49.5 Å². The lowest BCUT2D eigenvalue weighted by Gasteiger charge is -2.07. The van der Waals surface area contributed by atoms with Crippen LogP contribution in [-0.4, -0.2) is 9.55 Å². The largest absolute Gasteiger partial charge is 0.361 e. The second kappa shape index (κ2) is 5.86. The lowest BCUT2D eigenvalue weighted by Crippen LogP contribution is -1.92. The number of rotatable bonds is 2. The average Bonchev–Trinajstić information content (AvgIpc) is 3.33. The monoisotopic (exact) mass is 358 g/mol. The summed E-state index contributed by atoms with van der Waals surface area (Å²) >= 11 is 0. The smallest absolute Gasteiger partial charge is 0.0541 e. The molecule has 0 spiro atoms. The quantitative estimate of drug-likeness (QED) is 0.346. The van der Waals surface area contributed by atoms with E-state index < -0.39 is 0 Å². The zero-order valence-electron chi connectivity index (χ0n) is 15.3. The van der Waals surface area contributed by atoms with Crippen LogP contribution in [0.2, 0.25) is 0 Å². The van der Waals surface area contributed by atoms with Crippen LogP contribution in [0.25, 0.3) is 49.5 Å². The molecular formula is C26H18N2. The minimum Gasteiger partial charge on any atom is -0.361 e. The van der Waals surface area contributed by atoms with Crippen LogP contribution in [0.3, 0.4) is 0 Å². The van der Waals surface area contributed by atoms with E-state index in [0.29, 0.717) is 0 Å². The van der Waals surface area contributed by atoms with E-state index in [9.17, 15) is 0 Å². The minimum absolute atomic E-state index is 1.17. The highest BCUT2D eigenvalue weighted by Crippen LogP contribution is 2.36. The highest BCUT2D eigenvalue weighted by molar-refractivity contribution is 6.11. The molecule has 2 aromatic heterocycles. The molecule has 0 bridgehead atoms. The Bertz CT molecular complexity index is 1450. The van der Waals surface area contributed by atoms with Gasteiger partial charge in [-0.25, -0.2) is 0 Å². The molecular weight excluding hydrogens is 340 g/mol. The number of nitrogens with one attached hydrogen (secondary N) is 1. The minimum atomic E-state index is 1.17. The fourth-order valence-electron chi connectivity index (χ4n) is 4.31. The molecule has 6 rings (SSSR count). The molecule has 0 fully saturated rings. The Labute approximate surface area is 162 Å². The number of aromatic nitrogens is 2. The molecule has 0 amide bonds. The summed E-state index contributed by atoms with van der Waals surface area (Å²) in [6.07, 6.45) is 2.11. The van der Waals surface area contributed by atoms with Gasteiger partial charge in [0, 0.05) is 39.1 Å². The summed E-state index contributed by atoms with van der Waals surface area (Å²) in [7, 11) is 0. The van der Waals surface area contributed by atoms with Crippen LogP contribution in [0.15, 0.2) is 103 Å². The first-order valence-electron chi connectivity index (χ1n) is 9.55. The summed E-state index contributed by atoms with van der Waals surface area (Å²) < 4.78 is 2.35. The number of H-pyrrole nitrogens is 1. The number of fused-ring (bicyclic) bond motifs is 4. The maximum atomic E-state index is 3.40. The maximum absolute atomic E-state index is 3.40. The predicted molar refractivity (Wildman–Crippen MR) is 118 cm³/mol. The van der Waals surface area contributed by atoms with Crippen molar-refractivity contribution in [3.8, 4) is 16.8 Å². The average molecular weight is 358 g/mol. The van der Waals surface area contributed by atoms with Crippen LogP contribution < -0.4 is 0 Å². The molecule has 2 nitrogen and oxygen atoms in total. The van der Waals surface area contributed by atoms with Gasteiger partial charge in [-0.2, -0.15) is 0 Å². The van der Waals surface area contributed by atoms with Crippen molar-refractivity contribution < 1.29 is 0 Å². The molecule has 0 saturated carbocycles. The number of benzene rings is 4. The topological polar surface area (TPSA) is 20.7 Å². The van der Waals surface area contributed by atoms with Crippen LogP contribution in [0, 0.1) is 0 Å². The van der Waals surface area contributed by atoms with Crippen molar-refractivity contribution >= 4 is 32.7 Å². The molecule has 2 heteroatoms. The van der Waals surface area contributed by atoms with E-state index >= 15 is 0 Å². The summed E-state index contributed by atoms with van der Waals surface area (Å²) in [5, 5.41) is 3.82. The molecule has 0 aliphatic heterocycles. The second-order valence-corrected chi connectivity index (χ2v) is 7.17. The molecule has 0 unspecified atom stereocenters. The van der Waals surface area contributed by atoms with Crippen molar-refractivity contribution in [1.29, 1.82) is 0 Å². The number of hydrogen-bond acceptors (Lipinski definition) is 0. The highest BCUT2D eigenvalue weighted by atomic mass is 15.0. The number of hydrogen-bond donors (Lipinski definition) is 1. The van der Waals surface area contributed by atoms with E-state index in [4.69, 9.17) is 0 Å². The summed E-state index contributed by atoms with van der Waals surface area (Å²) in [4.78, 5) is 3.40. The first-order valence-corrected chi connectivity index (χ1v) is 9.55. The Morgan fingerprint density at radius 1 is 0.571 bits per heavy atom. The Balaban J connectivity index is 1.68. The fraction of sp³-hybridized carbons (Fsp3) is 0. The standard InChI is InChI=1S/C26H18N2/c1-2-8-19(9-3-1)28-25-13-7-5-11-21(25)22-16-18(14-15-26(22)28)23-17-27-24-12-6-4-10-20(23)24/h1-17,27H. The molecule has 0 saturated heterocycles. The first kappa shape index (κ1) is 15.3. The third-order valence-electron chi connectivity index (χ3n) is 5.59. The summed E-state index contributed by atoms with van der Waals surface area (Å²) in [5.74, 6) is 0. The summed E-state index contributed by atoms with van der Waals surface area (Å²) in [5.41, 5.74) is 7.31. The van der Waals surface area contributed by atoms with Gasteiger partial charge in [-0.05, 0) is 42.0 Å². The Morgan fingerprint density at radius 2 is 1.29 bits per heavy atom. The van der Waals surface area contributed by atoms with Gasteiger partial charge in [0.05, 0.1) is 11.0 Å². The van der Waals surface area contributed by atoms with Gasteiger partial charge < -0.3 is 9.55 Å². The lowest BCUT2D eigenvalue weighted by molar-refractivity contribution is 1.18. The number of para-hydroxylation sites is 3. The molecule has 1 N–H and O–H groups in total. The fourth-order valence-corrected chi connectivity index (χ4v) is 4.31. The van der Waals surface area contributed by atoms with Crippen LogP contribution in [0.1, 0.15) is 0 Å². The Hall–Kier alpha value is -3.78. The van der Waals surface area contributed by atoms with Crippen molar-refractivity contribution in [3.05, 3.63) is 103 Å². The zero-order chi connectivity index (χ0) is 18.5. The van der Waals surface area contributed by atoms with Crippen LogP contribution in [0.4, 0.5) is 0 Å². The SMILES string of the molecule is c1ccc(-n2c3ccccc3c3cc(-c4c[nH]c5ccccc45)ccc32)cc1. The molecule has 4 aromatic carbocycles. The molecule has 132 valence electrons. The third-order valence-corrected chi connectivity index (χ3v) is 5.59.